The highest BCUT2D eigenvalue weighted by molar-refractivity contribution is 5.87. The largest absolute Gasteiger partial charge is 0.480 e. The average molecular weight is 290 g/mol. The predicted molar refractivity (Wildman–Crippen MR) is 80.8 cm³/mol. The molecule has 0 aromatic heterocycles. The molecule has 1 aromatic carbocycles. The summed E-state index contributed by atoms with van der Waals surface area (Å²) in [5, 5.41) is 12.0. The van der Waals surface area contributed by atoms with E-state index in [1.807, 2.05) is 19.1 Å². The quantitative estimate of drug-likeness (QED) is 0.700. The van der Waals surface area contributed by atoms with Crippen LogP contribution >= 0.6 is 0 Å². The van der Waals surface area contributed by atoms with Crippen LogP contribution in [-0.4, -0.2) is 22.5 Å². The highest BCUT2D eigenvalue weighted by atomic mass is 16.4. The number of amides is 1. The number of nitrogen functional groups attached to an aromatic ring is 1. The molecular formula is C16H22N2O3. The van der Waals surface area contributed by atoms with E-state index in [9.17, 15) is 14.7 Å². The van der Waals surface area contributed by atoms with Crippen molar-refractivity contribution >= 4 is 17.6 Å². The molecular weight excluding hydrogens is 268 g/mol. The molecule has 1 aliphatic rings. The van der Waals surface area contributed by atoms with Gasteiger partial charge in [0.05, 0.1) is 0 Å². The first kappa shape index (κ1) is 15.4. The fraction of sp³-hybridized carbons (Fsp3) is 0.500. The number of benzene rings is 1. The number of aliphatic carboxylic acids is 1. The third-order valence-electron chi connectivity index (χ3n) is 4.23. The Morgan fingerprint density at radius 2 is 1.95 bits per heavy atom. The van der Waals surface area contributed by atoms with Crippen LogP contribution in [-0.2, 0) is 9.59 Å². The molecule has 0 aliphatic heterocycles. The second-order valence-electron chi connectivity index (χ2n) is 6.10. The van der Waals surface area contributed by atoms with Gasteiger partial charge in [-0.1, -0.05) is 19.1 Å². The summed E-state index contributed by atoms with van der Waals surface area (Å²) in [7, 11) is 0. The summed E-state index contributed by atoms with van der Waals surface area (Å²) in [4.78, 5) is 23.5. The number of carboxylic acid groups (broad SMARTS) is 1. The molecule has 2 atom stereocenters. The van der Waals surface area contributed by atoms with Crippen molar-refractivity contribution in [3.8, 4) is 0 Å². The van der Waals surface area contributed by atoms with Crippen LogP contribution in [0.2, 0.25) is 0 Å². The van der Waals surface area contributed by atoms with Crippen molar-refractivity contribution in [3.05, 3.63) is 29.8 Å². The molecule has 1 aromatic rings. The molecule has 114 valence electrons. The van der Waals surface area contributed by atoms with E-state index in [0.29, 0.717) is 5.69 Å². The first-order chi connectivity index (χ1) is 9.83. The fourth-order valence-electron chi connectivity index (χ4n) is 2.55. The Kier molecular flexibility index (Phi) is 4.21. The van der Waals surface area contributed by atoms with Crippen LogP contribution in [0, 0.1) is 5.92 Å². The molecule has 0 saturated heterocycles. The summed E-state index contributed by atoms with van der Waals surface area (Å²) in [5.74, 6) is -1.12. The highest BCUT2D eigenvalue weighted by Crippen LogP contribution is 2.39. The van der Waals surface area contributed by atoms with Crippen LogP contribution in [0.25, 0.3) is 0 Å². The summed E-state index contributed by atoms with van der Waals surface area (Å²) < 4.78 is 0. The van der Waals surface area contributed by atoms with Crippen molar-refractivity contribution in [2.24, 2.45) is 5.92 Å². The predicted octanol–water partition coefficient (Wildman–Crippen LogP) is 2.13. The zero-order valence-corrected chi connectivity index (χ0v) is 12.4. The van der Waals surface area contributed by atoms with Gasteiger partial charge in [0, 0.05) is 12.1 Å². The molecule has 5 nitrogen and oxygen atoms in total. The van der Waals surface area contributed by atoms with E-state index in [1.54, 1.807) is 19.1 Å². The Hall–Kier alpha value is -2.04. The summed E-state index contributed by atoms with van der Waals surface area (Å²) >= 11 is 0. The van der Waals surface area contributed by atoms with Gasteiger partial charge in [0.25, 0.3) is 0 Å². The van der Waals surface area contributed by atoms with E-state index in [2.05, 4.69) is 5.32 Å². The van der Waals surface area contributed by atoms with Crippen molar-refractivity contribution in [3.63, 3.8) is 0 Å². The average Bonchev–Trinajstić information content (AvgIpc) is 3.23. The fourth-order valence-corrected chi connectivity index (χ4v) is 2.55. The third-order valence-corrected chi connectivity index (χ3v) is 4.23. The first-order valence-electron chi connectivity index (χ1n) is 7.22. The zero-order chi connectivity index (χ0) is 15.6. The van der Waals surface area contributed by atoms with Gasteiger partial charge >= 0.3 is 5.97 Å². The van der Waals surface area contributed by atoms with E-state index in [4.69, 9.17) is 5.73 Å². The maximum atomic E-state index is 12.1. The van der Waals surface area contributed by atoms with Gasteiger partial charge in [-0.15, -0.1) is 0 Å². The summed E-state index contributed by atoms with van der Waals surface area (Å²) in [5.41, 5.74) is 6.20. The number of nitrogens with two attached hydrogens (primary N) is 1. The lowest BCUT2D eigenvalue weighted by molar-refractivity contribution is -0.148. The van der Waals surface area contributed by atoms with E-state index < -0.39 is 11.5 Å². The van der Waals surface area contributed by atoms with Crippen LogP contribution < -0.4 is 11.1 Å². The van der Waals surface area contributed by atoms with Gasteiger partial charge in [-0.3, -0.25) is 4.79 Å². The Morgan fingerprint density at radius 1 is 1.38 bits per heavy atom. The Balaban J connectivity index is 1.97. The first-order valence-corrected chi connectivity index (χ1v) is 7.22. The number of anilines is 1. The summed E-state index contributed by atoms with van der Waals surface area (Å²) in [6, 6.07) is 7.39. The number of nitrogens with one attached hydrogen (secondary N) is 1. The molecule has 0 radical (unpaired) electrons. The third kappa shape index (κ3) is 3.54. The van der Waals surface area contributed by atoms with Crippen molar-refractivity contribution < 1.29 is 14.7 Å². The molecule has 4 N–H and O–H groups in total. The van der Waals surface area contributed by atoms with Gasteiger partial charge in [0.2, 0.25) is 5.91 Å². The number of carboxylic acids is 1. The second kappa shape index (κ2) is 5.76. The maximum Gasteiger partial charge on any atom is 0.329 e. The Bertz CT molecular complexity index is 537. The normalized spacial score (nSPS) is 18.6. The SMILES string of the molecule is CC(CC(=O)NC(C)(C(=O)O)C1CC1)c1ccc(N)cc1. The van der Waals surface area contributed by atoms with Crippen molar-refractivity contribution in [2.45, 2.75) is 44.6 Å². The molecule has 0 heterocycles. The molecule has 5 heteroatoms. The lowest BCUT2D eigenvalue weighted by Crippen LogP contribution is -2.54. The van der Waals surface area contributed by atoms with Gasteiger partial charge in [0.15, 0.2) is 0 Å². The number of hydrogen-bond acceptors (Lipinski definition) is 3. The van der Waals surface area contributed by atoms with Gasteiger partial charge in [0.1, 0.15) is 5.54 Å². The van der Waals surface area contributed by atoms with E-state index >= 15 is 0 Å². The van der Waals surface area contributed by atoms with Gasteiger partial charge in [-0.25, -0.2) is 4.79 Å². The van der Waals surface area contributed by atoms with Crippen LogP contribution in [0.5, 0.6) is 0 Å². The highest BCUT2D eigenvalue weighted by Gasteiger charge is 2.48. The lowest BCUT2D eigenvalue weighted by atomic mass is 9.93. The molecule has 0 bridgehead atoms. The smallest absolute Gasteiger partial charge is 0.329 e. The van der Waals surface area contributed by atoms with Crippen LogP contribution in [0.1, 0.15) is 44.6 Å². The molecule has 2 unspecified atom stereocenters. The van der Waals surface area contributed by atoms with Gasteiger partial charge in [-0.2, -0.15) is 0 Å². The van der Waals surface area contributed by atoms with Crippen molar-refractivity contribution in [1.82, 2.24) is 5.32 Å². The minimum atomic E-state index is -1.14. The number of carbonyl (C=O) groups excluding carboxylic acids is 1. The molecule has 1 saturated carbocycles. The summed E-state index contributed by atoms with van der Waals surface area (Å²) in [6.07, 6.45) is 1.98. The van der Waals surface area contributed by atoms with E-state index in [1.165, 1.54) is 0 Å². The van der Waals surface area contributed by atoms with Crippen molar-refractivity contribution in [2.75, 3.05) is 5.73 Å². The molecule has 0 spiro atoms. The maximum absolute atomic E-state index is 12.1. The zero-order valence-electron chi connectivity index (χ0n) is 12.4. The monoisotopic (exact) mass is 290 g/mol. The van der Waals surface area contributed by atoms with Gasteiger partial charge < -0.3 is 16.2 Å². The Morgan fingerprint density at radius 3 is 2.43 bits per heavy atom. The van der Waals surface area contributed by atoms with E-state index in [0.717, 1.165) is 18.4 Å². The second-order valence-corrected chi connectivity index (χ2v) is 6.10. The van der Waals surface area contributed by atoms with Crippen molar-refractivity contribution in [1.29, 1.82) is 0 Å². The minimum Gasteiger partial charge on any atom is -0.480 e. The molecule has 21 heavy (non-hydrogen) atoms. The molecule has 1 fully saturated rings. The number of rotatable bonds is 6. The van der Waals surface area contributed by atoms with E-state index in [-0.39, 0.29) is 24.2 Å². The number of hydrogen-bond donors (Lipinski definition) is 3. The standard InChI is InChI=1S/C16H22N2O3/c1-10(11-3-7-13(17)8-4-11)9-14(19)18-16(2,15(20)21)12-5-6-12/h3-4,7-8,10,12H,5-6,9,17H2,1-2H3,(H,18,19)(H,20,21). The Labute approximate surface area is 124 Å². The van der Waals surface area contributed by atoms with Crippen LogP contribution in [0.4, 0.5) is 5.69 Å². The lowest BCUT2D eigenvalue weighted by Gasteiger charge is -2.27. The molecule has 1 aliphatic carbocycles. The number of carbonyl (C=O) groups is 2. The molecule has 2 rings (SSSR count). The van der Waals surface area contributed by atoms with Gasteiger partial charge in [-0.05, 0) is 49.3 Å². The summed E-state index contributed by atoms with van der Waals surface area (Å²) in [6.45, 7) is 3.54. The van der Waals surface area contributed by atoms with Crippen LogP contribution in [0.3, 0.4) is 0 Å². The molecule has 1 amide bonds. The van der Waals surface area contributed by atoms with Crippen LogP contribution in [0.15, 0.2) is 24.3 Å². The minimum absolute atomic E-state index is 0.0165. The topological polar surface area (TPSA) is 92.4 Å².